The van der Waals surface area contributed by atoms with E-state index in [1.807, 2.05) is 13.8 Å². The lowest BCUT2D eigenvalue weighted by atomic mass is 10.0. The van der Waals surface area contributed by atoms with Gasteiger partial charge in [-0.2, -0.15) is 0 Å². The van der Waals surface area contributed by atoms with Crippen molar-refractivity contribution >= 4 is 21.7 Å². The van der Waals surface area contributed by atoms with Gasteiger partial charge in [-0.3, -0.25) is 9.59 Å². The summed E-state index contributed by atoms with van der Waals surface area (Å²) >= 11 is 0. The van der Waals surface area contributed by atoms with Crippen LogP contribution in [-0.2, 0) is 14.6 Å². The Labute approximate surface area is 153 Å². The number of sulfone groups is 1. The first kappa shape index (κ1) is 18.9. The Bertz CT molecular complexity index is 814. The van der Waals surface area contributed by atoms with Crippen LogP contribution in [0, 0.1) is 5.92 Å². The molecule has 2 amide bonds. The van der Waals surface area contributed by atoms with Crippen LogP contribution in [0.3, 0.4) is 0 Å². The number of hydrogen-bond donors (Lipinski definition) is 0. The van der Waals surface area contributed by atoms with Gasteiger partial charge in [-0.05, 0) is 0 Å². The fraction of sp³-hybridized carbons (Fsp3) is 0.706. The highest BCUT2D eigenvalue weighted by Crippen LogP contribution is 2.29. The molecule has 2 fully saturated rings. The summed E-state index contributed by atoms with van der Waals surface area (Å²) in [6.45, 7) is 8.07. The van der Waals surface area contributed by atoms with Crippen molar-refractivity contribution in [3.63, 3.8) is 0 Å². The van der Waals surface area contributed by atoms with E-state index in [2.05, 4.69) is 5.16 Å². The van der Waals surface area contributed by atoms with E-state index in [1.165, 1.54) is 0 Å². The van der Waals surface area contributed by atoms with Crippen molar-refractivity contribution < 1.29 is 22.5 Å². The first-order chi connectivity index (χ1) is 12.1. The highest BCUT2D eigenvalue weighted by Gasteiger charge is 2.50. The summed E-state index contributed by atoms with van der Waals surface area (Å²) in [6.07, 6.45) is 0. The predicted octanol–water partition coefficient (Wildman–Crippen LogP) is 0.904. The van der Waals surface area contributed by atoms with Crippen LogP contribution in [0.4, 0.5) is 0 Å². The van der Waals surface area contributed by atoms with E-state index in [0.29, 0.717) is 12.3 Å². The number of hydrogen-bond acceptors (Lipinski definition) is 6. The molecule has 2 aliphatic rings. The molecule has 1 aromatic rings. The lowest BCUT2D eigenvalue weighted by molar-refractivity contribution is -0.139. The molecule has 0 radical (unpaired) electrons. The molecule has 9 heteroatoms. The van der Waals surface area contributed by atoms with Gasteiger partial charge in [0.2, 0.25) is 5.91 Å². The summed E-state index contributed by atoms with van der Waals surface area (Å²) in [7, 11) is -3.31. The zero-order valence-corrected chi connectivity index (χ0v) is 16.3. The topological polar surface area (TPSA) is 101 Å². The standard InChI is InChI=1S/C17H25N3O5S/c1-10(2)15-7-12(18-25-15)17(22)20-6-5-19(16(21)11(3)4)13-8-26(23,24)9-14(13)20/h7,10-11,13-14H,5-6,8-9H2,1-4H3/t13-,14+/m1/s1. The molecule has 0 unspecified atom stereocenters. The van der Waals surface area contributed by atoms with Crippen molar-refractivity contribution in [3.8, 4) is 0 Å². The third kappa shape index (κ3) is 3.36. The van der Waals surface area contributed by atoms with Gasteiger partial charge < -0.3 is 14.3 Å². The van der Waals surface area contributed by atoms with Gasteiger partial charge in [0, 0.05) is 31.0 Å². The second kappa shape index (κ2) is 6.68. The van der Waals surface area contributed by atoms with Crippen LogP contribution in [0.15, 0.2) is 10.6 Å². The molecule has 2 atom stereocenters. The zero-order valence-electron chi connectivity index (χ0n) is 15.5. The Balaban J connectivity index is 1.87. The second-order valence-electron chi connectivity index (χ2n) is 7.67. The van der Waals surface area contributed by atoms with E-state index in [0.717, 1.165) is 0 Å². The van der Waals surface area contributed by atoms with Crippen LogP contribution >= 0.6 is 0 Å². The number of nitrogens with zero attached hydrogens (tertiary/aromatic N) is 3. The lowest BCUT2D eigenvalue weighted by Crippen LogP contribution is -2.62. The summed E-state index contributed by atoms with van der Waals surface area (Å²) in [6, 6.07) is 0.573. The fourth-order valence-corrected chi connectivity index (χ4v) is 5.60. The minimum absolute atomic E-state index is 0.0762. The molecule has 8 nitrogen and oxygen atoms in total. The van der Waals surface area contributed by atoms with Gasteiger partial charge in [-0.1, -0.05) is 32.9 Å². The van der Waals surface area contributed by atoms with Crippen LogP contribution in [0.1, 0.15) is 49.9 Å². The van der Waals surface area contributed by atoms with Crippen molar-refractivity contribution in [2.24, 2.45) is 5.92 Å². The first-order valence-corrected chi connectivity index (χ1v) is 10.7. The van der Waals surface area contributed by atoms with Gasteiger partial charge in [0.05, 0.1) is 23.6 Å². The summed E-state index contributed by atoms with van der Waals surface area (Å²) in [5.74, 6) is -0.153. The smallest absolute Gasteiger partial charge is 0.276 e. The Hall–Kier alpha value is -1.90. The SMILES string of the molecule is CC(C)C(=O)N1CCN(C(=O)c2cc(C(C)C)on2)[C@H]2CS(=O)(=O)C[C@H]21. The molecule has 0 aliphatic carbocycles. The molecule has 1 aromatic heterocycles. The van der Waals surface area contributed by atoms with Gasteiger partial charge in [0.15, 0.2) is 15.5 Å². The molecule has 26 heavy (non-hydrogen) atoms. The number of rotatable bonds is 3. The van der Waals surface area contributed by atoms with Crippen molar-refractivity contribution in [1.82, 2.24) is 15.0 Å². The van der Waals surface area contributed by atoms with Crippen LogP contribution in [0.5, 0.6) is 0 Å². The number of aromatic nitrogens is 1. The molecular weight excluding hydrogens is 358 g/mol. The molecule has 0 bridgehead atoms. The fourth-order valence-electron chi connectivity index (χ4n) is 3.62. The number of carbonyl (C=O) groups is 2. The van der Waals surface area contributed by atoms with Gasteiger partial charge in [-0.25, -0.2) is 8.42 Å². The molecule has 0 saturated carbocycles. The Morgan fingerprint density at radius 2 is 1.69 bits per heavy atom. The van der Waals surface area contributed by atoms with E-state index in [-0.39, 0.29) is 47.4 Å². The van der Waals surface area contributed by atoms with Crippen molar-refractivity contribution in [2.75, 3.05) is 24.6 Å². The minimum atomic E-state index is -3.31. The van der Waals surface area contributed by atoms with Crippen LogP contribution < -0.4 is 0 Å². The summed E-state index contributed by atoms with van der Waals surface area (Å²) < 4.78 is 29.6. The molecule has 0 N–H and O–H groups in total. The van der Waals surface area contributed by atoms with E-state index < -0.39 is 21.9 Å². The first-order valence-electron chi connectivity index (χ1n) is 8.89. The largest absolute Gasteiger partial charge is 0.360 e. The summed E-state index contributed by atoms with van der Waals surface area (Å²) in [5, 5.41) is 3.85. The Morgan fingerprint density at radius 3 is 2.23 bits per heavy atom. The maximum Gasteiger partial charge on any atom is 0.276 e. The highest BCUT2D eigenvalue weighted by atomic mass is 32.2. The van der Waals surface area contributed by atoms with E-state index in [1.54, 1.807) is 29.7 Å². The van der Waals surface area contributed by atoms with Crippen LogP contribution in [0.25, 0.3) is 0 Å². The predicted molar refractivity (Wildman–Crippen MR) is 94.4 cm³/mol. The normalized spacial score (nSPS) is 25.0. The number of piperazine rings is 1. The molecular formula is C17H25N3O5S. The average molecular weight is 383 g/mol. The highest BCUT2D eigenvalue weighted by molar-refractivity contribution is 7.91. The molecule has 144 valence electrons. The molecule has 0 spiro atoms. The number of amides is 2. The van der Waals surface area contributed by atoms with Crippen molar-refractivity contribution in [3.05, 3.63) is 17.5 Å². The van der Waals surface area contributed by atoms with Gasteiger partial charge in [-0.15, -0.1) is 0 Å². The van der Waals surface area contributed by atoms with Crippen LogP contribution in [-0.4, -0.2) is 71.9 Å². The number of carbonyl (C=O) groups excluding carboxylic acids is 2. The molecule has 0 aromatic carbocycles. The maximum atomic E-state index is 12.9. The van der Waals surface area contributed by atoms with Gasteiger partial charge >= 0.3 is 0 Å². The van der Waals surface area contributed by atoms with Gasteiger partial charge in [0.1, 0.15) is 5.76 Å². The van der Waals surface area contributed by atoms with E-state index in [9.17, 15) is 18.0 Å². The third-order valence-corrected chi connectivity index (χ3v) is 6.73. The molecule has 3 heterocycles. The minimum Gasteiger partial charge on any atom is -0.360 e. The third-order valence-electron chi connectivity index (χ3n) is 5.03. The Morgan fingerprint density at radius 1 is 1.12 bits per heavy atom. The van der Waals surface area contributed by atoms with Crippen molar-refractivity contribution in [1.29, 1.82) is 0 Å². The lowest BCUT2D eigenvalue weighted by Gasteiger charge is -2.44. The zero-order chi connectivity index (χ0) is 19.2. The molecule has 2 aliphatic heterocycles. The van der Waals surface area contributed by atoms with Crippen LogP contribution in [0.2, 0.25) is 0 Å². The Kier molecular flexibility index (Phi) is 4.85. The molecule has 2 saturated heterocycles. The van der Waals surface area contributed by atoms with E-state index >= 15 is 0 Å². The maximum absolute atomic E-state index is 12.9. The monoisotopic (exact) mass is 383 g/mol. The van der Waals surface area contributed by atoms with Crippen molar-refractivity contribution in [2.45, 2.75) is 45.7 Å². The quantitative estimate of drug-likeness (QED) is 0.769. The van der Waals surface area contributed by atoms with Gasteiger partial charge in [0.25, 0.3) is 5.91 Å². The summed E-state index contributed by atoms with van der Waals surface area (Å²) in [5.41, 5.74) is 0.181. The average Bonchev–Trinajstić information content (AvgIpc) is 3.15. The second-order valence-corrected chi connectivity index (χ2v) is 9.82. The number of fused-ring (bicyclic) bond motifs is 1. The van der Waals surface area contributed by atoms with E-state index in [4.69, 9.17) is 4.52 Å². The molecule has 3 rings (SSSR count). The summed E-state index contributed by atoms with van der Waals surface area (Å²) in [4.78, 5) is 28.6.